The largest absolute Gasteiger partial charge is 0.457 e. The second kappa shape index (κ2) is 7.14. The van der Waals surface area contributed by atoms with Gasteiger partial charge in [0, 0.05) is 0 Å². The second-order valence-corrected chi connectivity index (χ2v) is 5.85. The van der Waals surface area contributed by atoms with Gasteiger partial charge in [0.25, 0.3) is 0 Å². The monoisotopic (exact) mass is 268 g/mol. The third kappa shape index (κ3) is 4.73. The van der Waals surface area contributed by atoms with Crippen LogP contribution in [0.4, 0.5) is 0 Å². The average molecular weight is 268 g/mol. The highest BCUT2D eigenvalue weighted by atomic mass is 16.5. The summed E-state index contributed by atoms with van der Waals surface area (Å²) in [6.45, 7) is 6.63. The van der Waals surface area contributed by atoms with E-state index in [1.165, 1.54) is 24.0 Å². The normalized spacial score (nSPS) is 10.8. The molecule has 20 heavy (non-hydrogen) atoms. The molecule has 0 aliphatic heterocycles. The zero-order valence-corrected chi connectivity index (χ0v) is 12.7. The molecule has 0 amide bonds. The summed E-state index contributed by atoms with van der Waals surface area (Å²) in [6, 6.07) is 16.6. The van der Waals surface area contributed by atoms with E-state index < -0.39 is 0 Å². The fraction of sp³-hybridized carbons (Fsp3) is 0.368. The smallest absolute Gasteiger partial charge is 0.127 e. The number of rotatable bonds is 6. The first-order valence-corrected chi connectivity index (χ1v) is 7.47. The standard InChI is InChI=1S/C19H24O/c1-15(2)6-4-8-17-10-12-18(13-11-17)20-19-9-5-7-16(3)14-19/h5,7,9-15H,4,6,8H2,1-3H3. The molecule has 1 heteroatoms. The maximum absolute atomic E-state index is 5.86. The van der Waals surface area contributed by atoms with Crippen molar-refractivity contribution in [2.45, 2.75) is 40.0 Å². The van der Waals surface area contributed by atoms with Crippen molar-refractivity contribution in [2.24, 2.45) is 5.92 Å². The van der Waals surface area contributed by atoms with Crippen molar-refractivity contribution in [3.63, 3.8) is 0 Å². The van der Waals surface area contributed by atoms with Crippen LogP contribution in [-0.2, 0) is 6.42 Å². The number of ether oxygens (including phenoxy) is 1. The van der Waals surface area contributed by atoms with Crippen LogP contribution in [0.3, 0.4) is 0 Å². The van der Waals surface area contributed by atoms with E-state index in [-0.39, 0.29) is 0 Å². The average Bonchev–Trinajstić information content (AvgIpc) is 2.40. The molecule has 2 aromatic rings. The third-order valence-electron chi connectivity index (χ3n) is 3.40. The molecule has 0 radical (unpaired) electrons. The van der Waals surface area contributed by atoms with Crippen molar-refractivity contribution in [2.75, 3.05) is 0 Å². The molecule has 0 aliphatic carbocycles. The molecule has 0 N–H and O–H groups in total. The molecular formula is C19H24O. The summed E-state index contributed by atoms with van der Waals surface area (Å²) >= 11 is 0. The van der Waals surface area contributed by atoms with E-state index in [1.807, 2.05) is 12.1 Å². The number of benzene rings is 2. The van der Waals surface area contributed by atoms with Gasteiger partial charge in [0.15, 0.2) is 0 Å². The zero-order valence-electron chi connectivity index (χ0n) is 12.7. The molecule has 0 bridgehead atoms. The van der Waals surface area contributed by atoms with Gasteiger partial charge in [0.2, 0.25) is 0 Å². The second-order valence-electron chi connectivity index (χ2n) is 5.85. The molecule has 0 aliphatic rings. The number of aryl methyl sites for hydroxylation is 2. The van der Waals surface area contributed by atoms with Gasteiger partial charge in [-0.2, -0.15) is 0 Å². The highest BCUT2D eigenvalue weighted by Gasteiger charge is 2.00. The van der Waals surface area contributed by atoms with Crippen LogP contribution >= 0.6 is 0 Å². The Hall–Kier alpha value is -1.76. The van der Waals surface area contributed by atoms with Crippen molar-refractivity contribution in [3.05, 3.63) is 59.7 Å². The first kappa shape index (κ1) is 14.6. The van der Waals surface area contributed by atoms with E-state index in [2.05, 4.69) is 57.2 Å². The van der Waals surface area contributed by atoms with Crippen LogP contribution in [0.15, 0.2) is 48.5 Å². The molecule has 2 aromatic carbocycles. The van der Waals surface area contributed by atoms with Gasteiger partial charge >= 0.3 is 0 Å². The van der Waals surface area contributed by atoms with Gasteiger partial charge in [0.1, 0.15) is 11.5 Å². The minimum Gasteiger partial charge on any atom is -0.457 e. The van der Waals surface area contributed by atoms with Gasteiger partial charge in [0.05, 0.1) is 0 Å². The summed E-state index contributed by atoms with van der Waals surface area (Å²) in [5, 5.41) is 0. The molecule has 0 saturated heterocycles. The SMILES string of the molecule is Cc1cccc(Oc2ccc(CCCC(C)C)cc2)c1. The van der Waals surface area contributed by atoms with Crippen molar-refractivity contribution < 1.29 is 4.74 Å². The molecule has 0 heterocycles. The van der Waals surface area contributed by atoms with Crippen molar-refractivity contribution in [1.29, 1.82) is 0 Å². The molecule has 0 spiro atoms. The Balaban J connectivity index is 1.91. The summed E-state index contributed by atoms with van der Waals surface area (Å²) < 4.78 is 5.86. The Labute approximate surface area is 122 Å². The lowest BCUT2D eigenvalue weighted by molar-refractivity contribution is 0.482. The molecule has 0 atom stereocenters. The molecular weight excluding hydrogens is 244 g/mol. The fourth-order valence-electron chi connectivity index (χ4n) is 2.25. The maximum Gasteiger partial charge on any atom is 0.127 e. The first-order chi connectivity index (χ1) is 9.63. The molecule has 0 fully saturated rings. The van der Waals surface area contributed by atoms with E-state index in [9.17, 15) is 0 Å². The van der Waals surface area contributed by atoms with Crippen LogP contribution in [-0.4, -0.2) is 0 Å². The highest BCUT2D eigenvalue weighted by molar-refractivity contribution is 5.34. The lowest BCUT2D eigenvalue weighted by Crippen LogP contribution is -1.91. The zero-order chi connectivity index (χ0) is 14.4. The quantitative estimate of drug-likeness (QED) is 0.646. The van der Waals surface area contributed by atoms with Crippen LogP contribution in [0.5, 0.6) is 11.5 Å². The van der Waals surface area contributed by atoms with Crippen LogP contribution in [0.1, 0.15) is 37.8 Å². The minimum atomic E-state index is 0.791. The predicted octanol–water partition coefficient (Wildman–Crippen LogP) is 5.77. The Kier molecular flexibility index (Phi) is 5.23. The van der Waals surface area contributed by atoms with E-state index in [4.69, 9.17) is 4.74 Å². The first-order valence-electron chi connectivity index (χ1n) is 7.47. The maximum atomic E-state index is 5.86. The van der Waals surface area contributed by atoms with E-state index in [0.717, 1.165) is 23.8 Å². The Morgan fingerprint density at radius 3 is 2.35 bits per heavy atom. The fourth-order valence-corrected chi connectivity index (χ4v) is 2.25. The molecule has 0 aromatic heterocycles. The van der Waals surface area contributed by atoms with Crippen molar-refractivity contribution >= 4 is 0 Å². The van der Waals surface area contributed by atoms with Crippen molar-refractivity contribution in [3.8, 4) is 11.5 Å². The predicted molar refractivity (Wildman–Crippen MR) is 85.5 cm³/mol. The van der Waals surface area contributed by atoms with Gasteiger partial charge in [-0.15, -0.1) is 0 Å². The van der Waals surface area contributed by atoms with E-state index in [0.29, 0.717) is 0 Å². The Morgan fingerprint density at radius 1 is 0.950 bits per heavy atom. The number of hydrogen-bond acceptors (Lipinski definition) is 1. The Bertz CT molecular complexity index is 526. The van der Waals surface area contributed by atoms with Gasteiger partial charge in [-0.3, -0.25) is 0 Å². The lowest BCUT2D eigenvalue weighted by Gasteiger charge is -2.08. The van der Waals surface area contributed by atoms with Gasteiger partial charge in [-0.25, -0.2) is 0 Å². The van der Waals surface area contributed by atoms with Crippen molar-refractivity contribution in [1.82, 2.24) is 0 Å². The molecule has 1 nitrogen and oxygen atoms in total. The van der Waals surface area contributed by atoms with Gasteiger partial charge in [-0.1, -0.05) is 44.5 Å². The number of hydrogen-bond donors (Lipinski definition) is 0. The summed E-state index contributed by atoms with van der Waals surface area (Å²) in [6.07, 6.45) is 3.71. The summed E-state index contributed by atoms with van der Waals surface area (Å²) in [4.78, 5) is 0. The van der Waals surface area contributed by atoms with Gasteiger partial charge in [-0.05, 0) is 61.1 Å². The lowest BCUT2D eigenvalue weighted by atomic mass is 10.0. The van der Waals surface area contributed by atoms with Crippen LogP contribution in [0.2, 0.25) is 0 Å². The van der Waals surface area contributed by atoms with Crippen LogP contribution < -0.4 is 4.74 Å². The molecule has 2 rings (SSSR count). The molecule has 0 saturated carbocycles. The molecule has 0 unspecified atom stereocenters. The van der Waals surface area contributed by atoms with E-state index >= 15 is 0 Å². The minimum absolute atomic E-state index is 0.791. The topological polar surface area (TPSA) is 9.23 Å². The van der Waals surface area contributed by atoms with E-state index in [1.54, 1.807) is 0 Å². The molecule has 106 valence electrons. The Morgan fingerprint density at radius 2 is 1.70 bits per heavy atom. The van der Waals surface area contributed by atoms with Gasteiger partial charge < -0.3 is 4.74 Å². The third-order valence-corrected chi connectivity index (χ3v) is 3.40. The van der Waals surface area contributed by atoms with Crippen LogP contribution in [0, 0.1) is 12.8 Å². The summed E-state index contributed by atoms with van der Waals surface area (Å²) in [5.74, 6) is 2.60. The van der Waals surface area contributed by atoms with Crippen LogP contribution in [0.25, 0.3) is 0 Å². The summed E-state index contributed by atoms with van der Waals surface area (Å²) in [5.41, 5.74) is 2.61. The highest BCUT2D eigenvalue weighted by Crippen LogP contribution is 2.23. The summed E-state index contributed by atoms with van der Waals surface area (Å²) in [7, 11) is 0.